The summed E-state index contributed by atoms with van der Waals surface area (Å²) < 4.78 is 8.58. The summed E-state index contributed by atoms with van der Waals surface area (Å²) in [4.78, 5) is 10.2. The average molecular weight is 775 g/mol. The zero-order valence-corrected chi connectivity index (χ0v) is 27.3. The van der Waals surface area contributed by atoms with Crippen LogP contribution in [-0.2, 0) is 46.7 Å². The van der Waals surface area contributed by atoms with E-state index < -0.39 is 0 Å². The minimum Gasteiger partial charge on any atom is -0.460 e. The quantitative estimate of drug-likeness (QED) is 0.164. The van der Waals surface area contributed by atoms with Gasteiger partial charge in [0, 0.05) is 17.5 Å². The van der Waals surface area contributed by atoms with Gasteiger partial charge in [-0.3, -0.25) is 4.57 Å². The zero-order valence-electron chi connectivity index (χ0n) is 25.0. The van der Waals surface area contributed by atoms with Gasteiger partial charge in [0.2, 0.25) is 5.88 Å². The summed E-state index contributed by atoms with van der Waals surface area (Å²) in [7, 11) is 0. The number of rotatable bonds is 5. The van der Waals surface area contributed by atoms with E-state index in [1.165, 1.54) is 27.8 Å². The van der Waals surface area contributed by atoms with Crippen LogP contribution in [0, 0.1) is 17.5 Å². The van der Waals surface area contributed by atoms with Gasteiger partial charge < -0.3 is 4.74 Å². The Morgan fingerprint density at radius 1 is 0.630 bits per heavy atom. The largest absolute Gasteiger partial charge is 2.00 e. The maximum absolute atomic E-state index is 6.27. The van der Waals surface area contributed by atoms with Gasteiger partial charge in [-0.25, -0.2) is 21.1 Å². The van der Waals surface area contributed by atoms with Gasteiger partial charge in [0.05, 0.1) is 11.0 Å². The van der Waals surface area contributed by atoms with Gasteiger partial charge >= 0.3 is 21.1 Å². The number of ether oxygens (including phenoxy) is 1. The minimum absolute atomic E-state index is 0. The predicted octanol–water partition coefficient (Wildman–Crippen LogP) is 9.03. The summed E-state index contributed by atoms with van der Waals surface area (Å²) in [5, 5.41) is 0. The van der Waals surface area contributed by atoms with Crippen molar-refractivity contribution >= 4 is 11.0 Å². The van der Waals surface area contributed by atoms with Crippen molar-refractivity contribution in [2.24, 2.45) is 5.41 Å². The van der Waals surface area contributed by atoms with E-state index in [0.717, 1.165) is 59.5 Å². The molecule has 0 amide bonds. The molecule has 5 heteroatoms. The summed E-state index contributed by atoms with van der Waals surface area (Å²) in [6.07, 6.45) is 4.41. The maximum atomic E-state index is 6.27. The van der Waals surface area contributed by atoms with Crippen molar-refractivity contribution in [3.63, 3.8) is 0 Å². The molecule has 0 saturated carbocycles. The molecule has 5 aromatic carbocycles. The number of fused-ring (bicyclic) bond motifs is 4. The van der Waals surface area contributed by atoms with Crippen LogP contribution in [0.2, 0.25) is 0 Å². The second kappa shape index (κ2) is 11.5. The molecule has 7 aromatic rings. The number of hydrogen-bond donors (Lipinski definition) is 0. The molecule has 0 N–H and O–H groups in total. The maximum Gasteiger partial charge on any atom is 2.00 e. The molecule has 2 aromatic heterocycles. The first-order valence-electron chi connectivity index (χ1n) is 15.5. The van der Waals surface area contributed by atoms with E-state index in [4.69, 9.17) is 14.7 Å². The molecule has 0 atom stereocenters. The van der Waals surface area contributed by atoms with Crippen LogP contribution < -0.4 is 4.74 Å². The Hall–Kier alpha value is -4.79. The van der Waals surface area contributed by atoms with Gasteiger partial charge in [-0.05, 0) is 77.6 Å². The Labute approximate surface area is 283 Å². The average Bonchev–Trinajstić information content (AvgIpc) is 3.77. The fourth-order valence-electron chi connectivity index (χ4n) is 7.44. The molecule has 0 saturated heterocycles. The monoisotopic (exact) mass is 774 g/mol. The van der Waals surface area contributed by atoms with E-state index in [-0.39, 0.29) is 26.5 Å². The van der Waals surface area contributed by atoms with Gasteiger partial charge in [0.15, 0.2) is 5.82 Å². The fourth-order valence-corrected chi connectivity index (χ4v) is 7.44. The second-order valence-corrected chi connectivity index (χ2v) is 12.3. The number of aromatic nitrogens is 3. The Bertz CT molecular complexity index is 2180. The van der Waals surface area contributed by atoms with Crippen molar-refractivity contribution < 1.29 is 25.8 Å². The molecule has 46 heavy (non-hydrogen) atoms. The van der Waals surface area contributed by atoms with Gasteiger partial charge in [-0.15, -0.1) is 18.2 Å². The third-order valence-corrected chi connectivity index (χ3v) is 9.34. The molecular weight excluding hydrogens is 746 g/mol. The van der Waals surface area contributed by atoms with Crippen LogP contribution in [0.3, 0.4) is 0 Å². The molecule has 0 radical (unpaired) electrons. The second-order valence-electron chi connectivity index (χ2n) is 12.3. The molecule has 0 unspecified atom stereocenters. The van der Waals surface area contributed by atoms with Crippen LogP contribution in [0.5, 0.6) is 11.6 Å². The zero-order chi connectivity index (χ0) is 29.8. The molecule has 2 aliphatic carbocycles. The summed E-state index contributed by atoms with van der Waals surface area (Å²) in [5.41, 5.74) is 12.0. The Morgan fingerprint density at radius 2 is 1.37 bits per heavy atom. The van der Waals surface area contributed by atoms with Crippen LogP contribution in [0.15, 0.2) is 127 Å². The number of nitrogens with zero attached hydrogens (tertiary/aromatic N) is 3. The molecule has 0 aliphatic heterocycles. The van der Waals surface area contributed by atoms with E-state index in [2.05, 4.69) is 83.4 Å². The van der Waals surface area contributed by atoms with Crippen LogP contribution in [0.4, 0.5) is 0 Å². The normalized spacial score (nSPS) is 14.2. The van der Waals surface area contributed by atoms with Crippen LogP contribution >= 0.6 is 0 Å². The summed E-state index contributed by atoms with van der Waals surface area (Å²) in [6, 6.07) is 50.3. The molecule has 224 valence electrons. The summed E-state index contributed by atoms with van der Waals surface area (Å²) in [5.74, 6) is 1.91. The van der Waals surface area contributed by atoms with Crippen LogP contribution in [0.1, 0.15) is 22.3 Å². The number of pyridine rings is 1. The Morgan fingerprint density at radius 3 is 2.17 bits per heavy atom. The van der Waals surface area contributed by atoms with E-state index in [1.807, 2.05) is 60.7 Å². The predicted molar refractivity (Wildman–Crippen MR) is 178 cm³/mol. The van der Waals surface area contributed by atoms with Crippen molar-refractivity contribution in [1.82, 2.24) is 14.5 Å². The Balaban J connectivity index is 0.00000312. The number of para-hydroxylation sites is 1. The first-order chi connectivity index (χ1) is 22.2. The topological polar surface area (TPSA) is 39.9 Å². The van der Waals surface area contributed by atoms with Crippen LogP contribution in [0.25, 0.3) is 39.4 Å². The molecule has 4 nitrogen and oxygen atoms in total. The molecule has 2 aliphatic rings. The summed E-state index contributed by atoms with van der Waals surface area (Å²) in [6.45, 7) is 0. The van der Waals surface area contributed by atoms with Crippen molar-refractivity contribution in [3.05, 3.63) is 162 Å². The SMILES string of the molecule is [Pt+2].[c-]1ccccc1-c1[c-]c(Oc2cccc(-c3nc4ccc5c(c4n3-c3ccccc3)CC3(Cc4ccccc4C3)C5)n2)ccc1. The molecular formula is C41H29N3OPt. The number of benzene rings is 5. The molecule has 0 bridgehead atoms. The fraction of sp³-hybridized carbons (Fsp3) is 0.122. The van der Waals surface area contributed by atoms with Crippen molar-refractivity contribution in [2.75, 3.05) is 0 Å². The van der Waals surface area contributed by atoms with Crippen molar-refractivity contribution in [2.45, 2.75) is 25.7 Å². The van der Waals surface area contributed by atoms with E-state index in [1.54, 1.807) is 0 Å². The summed E-state index contributed by atoms with van der Waals surface area (Å²) >= 11 is 0. The molecule has 2 heterocycles. The first-order valence-corrected chi connectivity index (χ1v) is 15.5. The van der Waals surface area contributed by atoms with E-state index in [0.29, 0.717) is 11.6 Å². The van der Waals surface area contributed by atoms with Gasteiger partial charge in [0.25, 0.3) is 0 Å². The smallest absolute Gasteiger partial charge is 0.460 e. The third kappa shape index (κ3) is 4.98. The van der Waals surface area contributed by atoms with Crippen molar-refractivity contribution in [3.8, 4) is 40.0 Å². The minimum atomic E-state index is 0. The number of hydrogen-bond acceptors (Lipinski definition) is 3. The van der Waals surface area contributed by atoms with Gasteiger partial charge in [-0.2, -0.15) is 36.4 Å². The molecule has 1 spiro atoms. The van der Waals surface area contributed by atoms with Crippen LogP contribution in [-0.4, -0.2) is 14.5 Å². The Kier molecular flexibility index (Phi) is 7.19. The van der Waals surface area contributed by atoms with Gasteiger partial charge in [-0.1, -0.05) is 54.6 Å². The molecule has 0 fully saturated rings. The van der Waals surface area contributed by atoms with Crippen molar-refractivity contribution in [1.29, 1.82) is 0 Å². The van der Waals surface area contributed by atoms with E-state index >= 15 is 0 Å². The number of imidazole rings is 1. The van der Waals surface area contributed by atoms with E-state index in [9.17, 15) is 0 Å². The first kappa shape index (κ1) is 28.7. The standard InChI is InChI=1S/C41H29N3O.Pt/c1-3-11-28(12-4-1)29-15-9-18-34(23-29)45-38-20-10-19-37(42-38)40-43-36-22-21-32-26-41(24-30-13-7-8-14-31(30)25-41)27-35(32)39(36)44(40)33-16-5-2-6-17-33;/h1-11,13-22H,24-27H2;/q-2;+2. The third-order valence-electron chi connectivity index (χ3n) is 9.34. The molecule has 9 rings (SSSR count). The van der Waals surface area contributed by atoms with Gasteiger partial charge in [0.1, 0.15) is 5.69 Å².